The fraction of sp³-hybridized carbons (Fsp3) is 0.889. The summed E-state index contributed by atoms with van der Waals surface area (Å²) >= 11 is 0. The van der Waals surface area contributed by atoms with Crippen molar-refractivity contribution in [3.05, 3.63) is 0 Å². The van der Waals surface area contributed by atoms with Gasteiger partial charge in [0, 0.05) is 46.4 Å². The summed E-state index contributed by atoms with van der Waals surface area (Å²) in [5.41, 5.74) is -0.455. The molecule has 2 aliphatic heterocycles. The SMILES string of the molecule is CN=C(NCC1CCCN1CCOC)NC1CN(C(=O)OC(C)(C)C)C1. The minimum Gasteiger partial charge on any atom is -0.444 e. The second-order valence-corrected chi connectivity index (χ2v) is 8.00. The minimum atomic E-state index is -0.455. The van der Waals surface area contributed by atoms with Gasteiger partial charge >= 0.3 is 6.09 Å². The second kappa shape index (κ2) is 9.41. The van der Waals surface area contributed by atoms with Crippen molar-refractivity contribution in [3.8, 4) is 0 Å². The monoisotopic (exact) mass is 369 g/mol. The zero-order valence-electron chi connectivity index (χ0n) is 16.9. The number of aliphatic imine (C=N–C) groups is 1. The van der Waals surface area contributed by atoms with Gasteiger partial charge in [0.15, 0.2) is 5.96 Å². The molecule has 1 atom stereocenters. The Morgan fingerprint density at radius 1 is 1.31 bits per heavy atom. The van der Waals surface area contributed by atoms with Gasteiger partial charge in [-0.2, -0.15) is 0 Å². The summed E-state index contributed by atoms with van der Waals surface area (Å²) in [6.45, 7) is 10.7. The Hall–Kier alpha value is -1.54. The van der Waals surface area contributed by atoms with E-state index < -0.39 is 5.60 Å². The fourth-order valence-corrected chi connectivity index (χ4v) is 3.28. The van der Waals surface area contributed by atoms with E-state index in [1.165, 1.54) is 12.8 Å². The van der Waals surface area contributed by atoms with Crippen LogP contribution in [-0.4, -0.2) is 93.0 Å². The maximum absolute atomic E-state index is 12.0. The Labute approximate surface area is 157 Å². The van der Waals surface area contributed by atoms with Crippen molar-refractivity contribution in [1.29, 1.82) is 0 Å². The molecule has 0 aromatic heterocycles. The zero-order chi connectivity index (χ0) is 19.2. The molecular formula is C18H35N5O3. The van der Waals surface area contributed by atoms with E-state index in [9.17, 15) is 4.79 Å². The van der Waals surface area contributed by atoms with Gasteiger partial charge in [-0.3, -0.25) is 9.89 Å². The average molecular weight is 370 g/mol. The molecule has 0 aliphatic carbocycles. The van der Waals surface area contributed by atoms with Gasteiger partial charge in [-0.25, -0.2) is 4.79 Å². The van der Waals surface area contributed by atoms with Gasteiger partial charge in [0.1, 0.15) is 5.60 Å². The number of amides is 1. The first kappa shape index (κ1) is 20.8. The molecule has 8 nitrogen and oxygen atoms in total. The topological polar surface area (TPSA) is 78.4 Å². The molecule has 26 heavy (non-hydrogen) atoms. The summed E-state index contributed by atoms with van der Waals surface area (Å²) in [5, 5.41) is 6.80. The molecular weight excluding hydrogens is 334 g/mol. The van der Waals surface area contributed by atoms with Crippen LogP contribution >= 0.6 is 0 Å². The van der Waals surface area contributed by atoms with E-state index in [0.717, 1.165) is 32.2 Å². The molecule has 150 valence electrons. The Balaban J connectivity index is 1.68. The Morgan fingerprint density at radius 2 is 2.04 bits per heavy atom. The molecule has 2 saturated heterocycles. The quantitative estimate of drug-likeness (QED) is 0.535. The number of guanidine groups is 1. The number of methoxy groups -OCH3 is 1. The van der Waals surface area contributed by atoms with E-state index in [2.05, 4.69) is 20.5 Å². The smallest absolute Gasteiger partial charge is 0.410 e. The summed E-state index contributed by atoms with van der Waals surface area (Å²) in [5.74, 6) is 0.789. The van der Waals surface area contributed by atoms with Crippen molar-refractivity contribution >= 4 is 12.1 Å². The number of hydrogen-bond acceptors (Lipinski definition) is 5. The maximum Gasteiger partial charge on any atom is 0.410 e. The van der Waals surface area contributed by atoms with Crippen molar-refractivity contribution in [2.45, 2.75) is 51.3 Å². The molecule has 2 rings (SSSR count). The molecule has 0 spiro atoms. The summed E-state index contributed by atoms with van der Waals surface area (Å²) in [6.07, 6.45) is 2.18. The number of ether oxygens (including phenoxy) is 2. The lowest BCUT2D eigenvalue weighted by Gasteiger charge is -2.40. The third-order valence-electron chi connectivity index (χ3n) is 4.68. The summed E-state index contributed by atoms with van der Waals surface area (Å²) in [6, 6.07) is 0.727. The van der Waals surface area contributed by atoms with E-state index in [1.807, 2.05) is 20.8 Å². The van der Waals surface area contributed by atoms with Crippen LogP contribution in [0.2, 0.25) is 0 Å². The second-order valence-electron chi connectivity index (χ2n) is 8.00. The van der Waals surface area contributed by atoms with Gasteiger partial charge in [0.2, 0.25) is 0 Å². The van der Waals surface area contributed by atoms with Crippen molar-refractivity contribution < 1.29 is 14.3 Å². The van der Waals surface area contributed by atoms with Crippen LogP contribution in [-0.2, 0) is 9.47 Å². The summed E-state index contributed by atoms with van der Waals surface area (Å²) in [4.78, 5) is 20.5. The van der Waals surface area contributed by atoms with Crippen LogP contribution in [0.1, 0.15) is 33.6 Å². The molecule has 2 heterocycles. The number of carbonyl (C=O) groups excluding carboxylic acids is 1. The van der Waals surface area contributed by atoms with Gasteiger partial charge in [0.05, 0.1) is 12.6 Å². The maximum atomic E-state index is 12.0. The first-order chi connectivity index (χ1) is 12.3. The Morgan fingerprint density at radius 3 is 2.65 bits per heavy atom. The highest BCUT2D eigenvalue weighted by molar-refractivity contribution is 5.80. The van der Waals surface area contributed by atoms with Crippen LogP contribution in [0.15, 0.2) is 4.99 Å². The molecule has 2 N–H and O–H groups in total. The van der Waals surface area contributed by atoms with Crippen LogP contribution in [0.3, 0.4) is 0 Å². The lowest BCUT2D eigenvalue weighted by Crippen LogP contribution is -2.63. The van der Waals surface area contributed by atoms with Crippen LogP contribution < -0.4 is 10.6 Å². The molecule has 1 unspecified atom stereocenters. The molecule has 0 bridgehead atoms. The van der Waals surface area contributed by atoms with Crippen molar-refractivity contribution in [2.75, 3.05) is 53.5 Å². The van der Waals surface area contributed by atoms with Gasteiger partial charge in [-0.1, -0.05) is 0 Å². The van der Waals surface area contributed by atoms with Crippen LogP contribution in [0.4, 0.5) is 4.79 Å². The van der Waals surface area contributed by atoms with Gasteiger partial charge in [-0.15, -0.1) is 0 Å². The predicted molar refractivity (Wildman–Crippen MR) is 103 cm³/mol. The van der Waals surface area contributed by atoms with Gasteiger partial charge < -0.3 is 25.0 Å². The minimum absolute atomic E-state index is 0.210. The largest absolute Gasteiger partial charge is 0.444 e. The van der Waals surface area contributed by atoms with E-state index >= 15 is 0 Å². The van der Waals surface area contributed by atoms with E-state index in [-0.39, 0.29) is 12.1 Å². The van der Waals surface area contributed by atoms with Crippen molar-refractivity contribution in [1.82, 2.24) is 20.4 Å². The van der Waals surface area contributed by atoms with Crippen molar-refractivity contribution in [3.63, 3.8) is 0 Å². The lowest BCUT2D eigenvalue weighted by atomic mass is 10.1. The number of nitrogens with zero attached hydrogens (tertiary/aromatic N) is 3. The molecule has 0 radical (unpaired) electrons. The van der Waals surface area contributed by atoms with Crippen molar-refractivity contribution in [2.24, 2.45) is 4.99 Å². The molecule has 0 aromatic carbocycles. The standard InChI is InChI=1S/C18H35N5O3/c1-18(2,3)26-17(24)23-12-14(13-23)21-16(19-4)20-11-15-7-6-8-22(15)9-10-25-5/h14-15H,6-13H2,1-5H3,(H2,19,20,21). The highest BCUT2D eigenvalue weighted by Gasteiger charge is 2.34. The predicted octanol–water partition coefficient (Wildman–Crippen LogP) is 0.882. The average Bonchev–Trinajstić information content (AvgIpc) is 2.96. The van der Waals surface area contributed by atoms with Gasteiger partial charge in [-0.05, 0) is 40.2 Å². The number of hydrogen-bond donors (Lipinski definition) is 2. The van der Waals surface area contributed by atoms with E-state index in [1.54, 1.807) is 19.1 Å². The Bertz CT molecular complexity index is 486. The zero-order valence-corrected chi connectivity index (χ0v) is 16.9. The normalized spacial score (nSPS) is 22.3. The lowest BCUT2D eigenvalue weighted by molar-refractivity contribution is 0.00700. The molecule has 8 heteroatoms. The van der Waals surface area contributed by atoms with Crippen LogP contribution in [0, 0.1) is 0 Å². The number of nitrogens with one attached hydrogen (secondary N) is 2. The van der Waals surface area contributed by atoms with Gasteiger partial charge in [0.25, 0.3) is 0 Å². The van der Waals surface area contributed by atoms with Crippen LogP contribution in [0.25, 0.3) is 0 Å². The van der Waals surface area contributed by atoms with Crippen LogP contribution in [0.5, 0.6) is 0 Å². The first-order valence-electron chi connectivity index (χ1n) is 9.50. The summed E-state index contributed by atoms with van der Waals surface area (Å²) < 4.78 is 10.6. The Kier molecular flexibility index (Phi) is 7.52. The molecule has 2 aliphatic rings. The highest BCUT2D eigenvalue weighted by atomic mass is 16.6. The summed E-state index contributed by atoms with van der Waals surface area (Å²) in [7, 11) is 3.52. The molecule has 1 amide bonds. The molecule has 2 fully saturated rings. The number of likely N-dealkylation sites (tertiary alicyclic amines) is 2. The van der Waals surface area contributed by atoms with E-state index in [0.29, 0.717) is 19.1 Å². The number of rotatable bonds is 6. The fourth-order valence-electron chi connectivity index (χ4n) is 3.28. The first-order valence-corrected chi connectivity index (χ1v) is 9.50. The third kappa shape index (κ3) is 6.32. The highest BCUT2D eigenvalue weighted by Crippen LogP contribution is 2.16. The number of carbonyl (C=O) groups is 1. The molecule has 0 saturated carbocycles. The van der Waals surface area contributed by atoms with E-state index in [4.69, 9.17) is 9.47 Å². The third-order valence-corrected chi connectivity index (χ3v) is 4.68. The molecule has 0 aromatic rings.